The number of urea groups is 1. The highest BCUT2D eigenvalue weighted by Gasteiger charge is 2.25. The highest BCUT2D eigenvalue weighted by molar-refractivity contribution is 6.33. The number of nitro benzene ring substituents is 1. The predicted octanol–water partition coefficient (Wildman–Crippen LogP) is 2.78. The summed E-state index contributed by atoms with van der Waals surface area (Å²) in [5.41, 5.74) is 0.358. The standard InChI is InChI=1S/C20H19ClN4O6/c21-17-12-15(25(29)30)6-7-16(17)19(27)31-13-18(26)23-8-10-24(11-9-23)20(28)22-14-4-2-1-3-5-14/h1-7,12H,8-11,13H2,(H,22,28). The van der Waals surface area contributed by atoms with Gasteiger partial charge in [0.2, 0.25) is 0 Å². The van der Waals surface area contributed by atoms with Crippen LogP contribution in [-0.2, 0) is 9.53 Å². The summed E-state index contributed by atoms with van der Waals surface area (Å²) in [7, 11) is 0. The number of carbonyl (C=O) groups excluding carboxylic acids is 3. The van der Waals surface area contributed by atoms with E-state index in [1.54, 1.807) is 17.0 Å². The first-order chi connectivity index (χ1) is 14.8. The Kier molecular flexibility index (Phi) is 7.03. The van der Waals surface area contributed by atoms with Gasteiger partial charge in [-0.2, -0.15) is 0 Å². The first-order valence-electron chi connectivity index (χ1n) is 9.35. The fourth-order valence-corrected chi connectivity index (χ4v) is 3.21. The number of hydrogen-bond donors (Lipinski definition) is 1. The number of rotatable bonds is 5. The van der Waals surface area contributed by atoms with Gasteiger partial charge in [-0.15, -0.1) is 0 Å². The molecule has 10 nitrogen and oxygen atoms in total. The summed E-state index contributed by atoms with van der Waals surface area (Å²) >= 11 is 5.89. The summed E-state index contributed by atoms with van der Waals surface area (Å²) in [6.07, 6.45) is 0. The number of esters is 1. The third-order valence-corrected chi connectivity index (χ3v) is 4.97. The van der Waals surface area contributed by atoms with Crippen molar-refractivity contribution in [1.82, 2.24) is 9.80 Å². The van der Waals surface area contributed by atoms with Crippen molar-refractivity contribution in [2.75, 3.05) is 38.1 Å². The Labute approximate surface area is 182 Å². The molecule has 1 heterocycles. The fraction of sp³-hybridized carbons (Fsp3) is 0.250. The van der Waals surface area contributed by atoms with Crippen molar-refractivity contribution in [2.24, 2.45) is 0 Å². The van der Waals surface area contributed by atoms with Gasteiger partial charge in [-0.25, -0.2) is 9.59 Å². The van der Waals surface area contributed by atoms with Gasteiger partial charge >= 0.3 is 12.0 Å². The Morgan fingerprint density at radius 2 is 1.68 bits per heavy atom. The molecule has 1 N–H and O–H groups in total. The second-order valence-corrected chi connectivity index (χ2v) is 7.07. The third-order valence-electron chi connectivity index (χ3n) is 4.65. The van der Waals surface area contributed by atoms with Crippen LogP contribution in [0.1, 0.15) is 10.4 Å². The number of halogens is 1. The number of hydrogen-bond acceptors (Lipinski definition) is 6. The minimum absolute atomic E-state index is 0.0672. The number of nitro groups is 1. The molecule has 11 heteroatoms. The molecule has 0 radical (unpaired) electrons. The van der Waals surface area contributed by atoms with Crippen LogP contribution in [0.2, 0.25) is 5.02 Å². The molecule has 3 amide bonds. The second kappa shape index (κ2) is 9.90. The number of amides is 3. The van der Waals surface area contributed by atoms with Gasteiger partial charge < -0.3 is 19.9 Å². The van der Waals surface area contributed by atoms with Gasteiger partial charge in [0.15, 0.2) is 6.61 Å². The van der Waals surface area contributed by atoms with Gasteiger partial charge in [-0.3, -0.25) is 14.9 Å². The van der Waals surface area contributed by atoms with Gasteiger partial charge in [0.05, 0.1) is 15.5 Å². The lowest BCUT2D eigenvalue weighted by atomic mass is 10.2. The van der Waals surface area contributed by atoms with E-state index in [4.69, 9.17) is 16.3 Å². The summed E-state index contributed by atoms with van der Waals surface area (Å²) in [5, 5.41) is 13.4. The molecule has 31 heavy (non-hydrogen) atoms. The zero-order valence-corrected chi connectivity index (χ0v) is 17.1. The second-order valence-electron chi connectivity index (χ2n) is 6.66. The van der Waals surface area contributed by atoms with E-state index in [1.807, 2.05) is 18.2 Å². The zero-order valence-electron chi connectivity index (χ0n) is 16.3. The topological polar surface area (TPSA) is 122 Å². The number of anilines is 1. The molecule has 2 aromatic rings. The Morgan fingerprint density at radius 1 is 1.03 bits per heavy atom. The van der Waals surface area contributed by atoms with Crippen LogP contribution in [0.25, 0.3) is 0 Å². The van der Waals surface area contributed by atoms with Crippen molar-refractivity contribution in [3.8, 4) is 0 Å². The van der Waals surface area contributed by atoms with Crippen molar-refractivity contribution in [1.29, 1.82) is 0 Å². The van der Waals surface area contributed by atoms with Crippen LogP contribution < -0.4 is 5.32 Å². The highest BCUT2D eigenvalue weighted by atomic mass is 35.5. The molecule has 1 aliphatic heterocycles. The van der Waals surface area contributed by atoms with Crippen LogP contribution in [0.4, 0.5) is 16.2 Å². The van der Waals surface area contributed by atoms with E-state index in [1.165, 1.54) is 11.0 Å². The number of ether oxygens (including phenoxy) is 1. The lowest BCUT2D eigenvalue weighted by Crippen LogP contribution is -2.52. The van der Waals surface area contributed by atoms with Crippen molar-refractivity contribution < 1.29 is 24.0 Å². The molecule has 1 saturated heterocycles. The van der Waals surface area contributed by atoms with E-state index in [9.17, 15) is 24.5 Å². The summed E-state index contributed by atoms with van der Waals surface area (Å²) in [5.74, 6) is -1.26. The number of benzene rings is 2. The molecule has 0 spiro atoms. The average molecular weight is 447 g/mol. The minimum atomic E-state index is -0.853. The minimum Gasteiger partial charge on any atom is -0.452 e. The molecule has 0 atom stereocenters. The molecule has 0 unspecified atom stereocenters. The van der Waals surface area contributed by atoms with Gasteiger partial charge in [0.1, 0.15) is 0 Å². The maximum Gasteiger partial charge on any atom is 0.340 e. The van der Waals surface area contributed by atoms with E-state index in [2.05, 4.69) is 5.32 Å². The quantitative estimate of drug-likeness (QED) is 0.428. The normalized spacial score (nSPS) is 13.5. The highest BCUT2D eigenvalue weighted by Crippen LogP contribution is 2.23. The molecule has 0 aromatic heterocycles. The Morgan fingerprint density at radius 3 is 2.29 bits per heavy atom. The lowest BCUT2D eigenvalue weighted by Gasteiger charge is -2.34. The number of para-hydroxylation sites is 1. The van der Waals surface area contributed by atoms with Crippen molar-refractivity contribution in [3.63, 3.8) is 0 Å². The van der Waals surface area contributed by atoms with E-state index in [-0.39, 0.29) is 22.3 Å². The van der Waals surface area contributed by atoms with Crippen molar-refractivity contribution in [2.45, 2.75) is 0 Å². The summed E-state index contributed by atoms with van der Waals surface area (Å²) in [4.78, 5) is 50.0. The maximum atomic E-state index is 12.3. The molecular formula is C20H19ClN4O6. The predicted molar refractivity (Wildman–Crippen MR) is 112 cm³/mol. The van der Waals surface area contributed by atoms with Crippen LogP contribution in [-0.4, -0.2) is 65.4 Å². The Hall–Kier alpha value is -3.66. The molecule has 3 rings (SSSR count). The monoisotopic (exact) mass is 446 g/mol. The van der Waals surface area contributed by atoms with Crippen LogP contribution in [0.15, 0.2) is 48.5 Å². The molecular weight excluding hydrogens is 428 g/mol. The number of nitrogens with zero attached hydrogens (tertiary/aromatic N) is 3. The maximum absolute atomic E-state index is 12.3. The Bertz CT molecular complexity index is 992. The molecule has 1 fully saturated rings. The molecule has 1 aliphatic rings. The number of nitrogens with one attached hydrogen (secondary N) is 1. The van der Waals surface area contributed by atoms with Gasteiger partial charge in [-0.1, -0.05) is 29.8 Å². The number of carbonyl (C=O) groups is 3. The molecule has 2 aromatic carbocycles. The lowest BCUT2D eigenvalue weighted by molar-refractivity contribution is -0.384. The smallest absolute Gasteiger partial charge is 0.340 e. The van der Waals surface area contributed by atoms with Crippen LogP contribution in [0.3, 0.4) is 0 Å². The molecule has 0 aliphatic carbocycles. The van der Waals surface area contributed by atoms with Crippen LogP contribution in [0.5, 0.6) is 0 Å². The first-order valence-corrected chi connectivity index (χ1v) is 9.73. The third kappa shape index (κ3) is 5.70. The van der Waals surface area contributed by atoms with Crippen LogP contribution >= 0.6 is 11.6 Å². The molecule has 0 bridgehead atoms. The summed E-state index contributed by atoms with van der Waals surface area (Å²) in [6, 6.07) is 12.1. The van der Waals surface area contributed by atoms with Crippen molar-refractivity contribution >= 4 is 40.9 Å². The van der Waals surface area contributed by atoms with E-state index >= 15 is 0 Å². The van der Waals surface area contributed by atoms with Gasteiger partial charge in [-0.05, 0) is 18.2 Å². The van der Waals surface area contributed by atoms with Gasteiger partial charge in [0.25, 0.3) is 11.6 Å². The zero-order chi connectivity index (χ0) is 22.4. The summed E-state index contributed by atoms with van der Waals surface area (Å²) in [6.45, 7) is 0.787. The van der Waals surface area contributed by atoms with E-state index in [0.717, 1.165) is 12.1 Å². The summed E-state index contributed by atoms with van der Waals surface area (Å²) < 4.78 is 5.00. The van der Waals surface area contributed by atoms with Crippen LogP contribution in [0, 0.1) is 10.1 Å². The van der Waals surface area contributed by atoms with E-state index in [0.29, 0.717) is 31.9 Å². The van der Waals surface area contributed by atoms with E-state index < -0.39 is 23.4 Å². The first kappa shape index (κ1) is 22.0. The Balaban J connectivity index is 1.46. The SMILES string of the molecule is O=C(OCC(=O)N1CCN(C(=O)Nc2ccccc2)CC1)c1ccc([N+](=O)[O-])cc1Cl. The largest absolute Gasteiger partial charge is 0.452 e. The molecule has 0 saturated carbocycles. The average Bonchev–Trinajstić information content (AvgIpc) is 2.77. The molecule has 162 valence electrons. The van der Waals surface area contributed by atoms with Crippen molar-refractivity contribution in [3.05, 3.63) is 69.2 Å². The number of piperazine rings is 1. The number of non-ortho nitro benzene ring substituents is 1. The van der Waals surface area contributed by atoms with Gasteiger partial charge in [0, 0.05) is 44.0 Å². The fourth-order valence-electron chi connectivity index (χ4n) is 2.96.